The molecule has 74 valence electrons. The van der Waals surface area contributed by atoms with E-state index in [-0.39, 0.29) is 7.43 Å². The summed E-state index contributed by atoms with van der Waals surface area (Å²) in [5.41, 5.74) is 0.946. The molecule has 0 heteroatoms. The average Bonchev–Trinajstić information content (AvgIpc) is 2.45. The molecule has 0 radical (unpaired) electrons. The van der Waals surface area contributed by atoms with Gasteiger partial charge in [0.2, 0.25) is 0 Å². The summed E-state index contributed by atoms with van der Waals surface area (Å²) in [6.45, 7) is 2.54. The van der Waals surface area contributed by atoms with Gasteiger partial charge in [0.25, 0.3) is 0 Å². The van der Waals surface area contributed by atoms with Gasteiger partial charge in [-0.2, -0.15) is 0 Å². The number of hydrogen-bond donors (Lipinski definition) is 0. The van der Waals surface area contributed by atoms with E-state index in [0.29, 0.717) is 0 Å². The van der Waals surface area contributed by atoms with Gasteiger partial charge >= 0.3 is 0 Å². The maximum Gasteiger partial charge on any atom is -0.0235 e. The second-order valence-electron chi connectivity index (χ2n) is 6.12. The van der Waals surface area contributed by atoms with E-state index in [0.717, 1.165) is 23.2 Å². The largest absolute Gasteiger partial charge is 0.0776 e. The van der Waals surface area contributed by atoms with Gasteiger partial charge in [-0.05, 0) is 67.1 Å². The first kappa shape index (κ1) is 8.32. The molecule has 0 amide bonds. The zero-order valence-electron chi connectivity index (χ0n) is 7.92. The van der Waals surface area contributed by atoms with Crippen molar-refractivity contribution in [2.24, 2.45) is 35.0 Å². The molecule has 0 aliphatic heterocycles. The molecule has 4 fully saturated rings. The highest BCUT2D eigenvalue weighted by Crippen LogP contribution is 2.76. The van der Waals surface area contributed by atoms with Crippen LogP contribution in [0.2, 0.25) is 0 Å². The van der Waals surface area contributed by atoms with Gasteiger partial charge in [0.1, 0.15) is 0 Å². The summed E-state index contributed by atoms with van der Waals surface area (Å²) >= 11 is 0. The Morgan fingerprint density at radius 1 is 0.923 bits per heavy atom. The van der Waals surface area contributed by atoms with E-state index in [1.54, 1.807) is 32.1 Å². The summed E-state index contributed by atoms with van der Waals surface area (Å²) < 4.78 is 0. The third-order valence-electron chi connectivity index (χ3n) is 6.14. The predicted molar refractivity (Wildman–Crippen MR) is 55.4 cm³/mol. The molecular formula is C13H22. The molecule has 0 N–H and O–H groups in total. The number of hydrogen-bond acceptors (Lipinski definition) is 0. The molecule has 0 saturated heterocycles. The molecule has 4 saturated carbocycles. The molecule has 4 unspecified atom stereocenters. The first-order chi connectivity index (χ1) is 5.79. The van der Waals surface area contributed by atoms with E-state index in [4.69, 9.17) is 0 Å². The second-order valence-corrected chi connectivity index (χ2v) is 6.12. The Kier molecular flexibility index (Phi) is 1.37. The normalized spacial score (nSPS) is 65.8. The van der Waals surface area contributed by atoms with Crippen LogP contribution in [0.25, 0.3) is 0 Å². The first-order valence-corrected chi connectivity index (χ1v) is 5.79. The van der Waals surface area contributed by atoms with E-state index in [1.165, 1.54) is 11.8 Å². The maximum absolute atomic E-state index is 2.54. The number of rotatable bonds is 0. The van der Waals surface area contributed by atoms with Gasteiger partial charge in [-0.15, -0.1) is 0 Å². The molecule has 0 nitrogen and oxygen atoms in total. The molecule has 13 heavy (non-hydrogen) atoms. The summed E-state index contributed by atoms with van der Waals surface area (Å²) in [6.07, 6.45) is 8.14. The minimum Gasteiger partial charge on any atom is -0.0776 e. The Morgan fingerprint density at radius 2 is 1.46 bits per heavy atom. The van der Waals surface area contributed by atoms with Crippen molar-refractivity contribution in [1.82, 2.24) is 0 Å². The summed E-state index contributed by atoms with van der Waals surface area (Å²) in [5, 5.41) is 0. The summed E-state index contributed by atoms with van der Waals surface area (Å²) in [7, 11) is 0. The van der Waals surface area contributed by atoms with Crippen LogP contribution in [0.4, 0.5) is 0 Å². The van der Waals surface area contributed by atoms with Crippen LogP contribution in [0.5, 0.6) is 0 Å². The third-order valence-corrected chi connectivity index (χ3v) is 6.14. The minimum atomic E-state index is 0. The monoisotopic (exact) mass is 178 g/mol. The smallest absolute Gasteiger partial charge is 0.0235 e. The Hall–Kier alpha value is 0. The SMILES string of the molecule is C.CC1C2CC3CC4CC1CC34C2. The highest BCUT2D eigenvalue weighted by atomic mass is 14.7. The molecule has 4 atom stereocenters. The molecule has 0 aromatic rings. The van der Waals surface area contributed by atoms with Crippen LogP contribution >= 0.6 is 0 Å². The lowest BCUT2D eigenvalue weighted by atomic mass is 9.56. The van der Waals surface area contributed by atoms with Gasteiger partial charge in [0, 0.05) is 0 Å². The van der Waals surface area contributed by atoms with Crippen LogP contribution in [0, 0.1) is 35.0 Å². The Bertz CT molecular complexity index is 218. The lowest BCUT2D eigenvalue weighted by molar-refractivity contribution is -0.00119. The Balaban J connectivity index is 0.000000562. The summed E-state index contributed by atoms with van der Waals surface area (Å²) in [4.78, 5) is 0. The summed E-state index contributed by atoms with van der Waals surface area (Å²) in [6, 6.07) is 0. The second kappa shape index (κ2) is 2.15. The fraction of sp³-hybridized carbons (Fsp3) is 1.00. The van der Waals surface area contributed by atoms with Crippen LogP contribution in [0.3, 0.4) is 0 Å². The van der Waals surface area contributed by atoms with Gasteiger partial charge in [0.05, 0.1) is 0 Å². The van der Waals surface area contributed by atoms with Crippen LogP contribution in [-0.4, -0.2) is 0 Å². The molecule has 1 spiro atoms. The molecular weight excluding hydrogens is 156 g/mol. The molecule has 4 aliphatic rings. The van der Waals surface area contributed by atoms with Crippen molar-refractivity contribution in [2.45, 2.75) is 46.5 Å². The van der Waals surface area contributed by atoms with Crippen molar-refractivity contribution >= 4 is 0 Å². The zero-order chi connectivity index (χ0) is 7.92. The first-order valence-electron chi connectivity index (χ1n) is 5.79. The van der Waals surface area contributed by atoms with Crippen molar-refractivity contribution in [3.05, 3.63) is 0 Å². The standard InChI is InChI=1S/C12H18.CH4/c1-7-8-2-10-4-11-3-9(7)6-12(10,11)5-8;/h7-11H,2-6H2,1H3;1H4. The highest BCUT2D eigenvalue weighted by Gasteiger charge is 2.67. The van der Waals surface area contributed by atoms with E-state index in [2.05, 4.69) is 6.92 Å². The van der Waals surface area contributed by atoms with Crippen molar-refractivity contribution in [1.29, 1.82) is 0 Å². The highest BCUT2D eigenvalue weighted by molar-refractivity contribution is 5.17. The maximum atomic E-state index is 2.54. The molecule has 0 aromatic heterocycles. The third kappa shape index (κ3) is 0.680. The predicted octanol–water partition coefficient (Wildman–Crippen LogP) is 3.71. The van der Waals surface area contributed by atoms with E-state index in [1.807, 2.05) is 0 Å². The fourth-order valence-corrected chi connectivity index (χ4v) is 5.46. The number of fused-ring (bicyclic) bond motifs is 2. The fourth-order valence-electron chi connectivity index (χ4n) is 5.46. The van der Waals surface area contributed by atoms with Crippen molar-refractivity contribution < 1.29 is 0 Å². The Morgan fingerprint density at radius 3 is 2.00 bits per heavy atom. The van der Waals surface area contributed by atoms with Crippen LogP contribution < -0.4 is 0 Å². The van der Waals surface area contributed by atoms with Crippen molar-refractivity contribution in [2.75, 3.05) is 0 Å². The van der Waals surface area contributed by atoms with Crippen LogP contribution in [0.15, 0.2) is 0 Å². The van der Waals surface area contributed by atoms with Crippen LogP contribution in [0.1, 0.15) is 46.5 Å². The van der Waals surface area contributed by atoms with E-state index >= 15 is 0 Å². The van der Waals surface area contributed by atoms with E-state index in [9.17, 15) is 0 Å². The van der Waals surface area contributed by atoms with Gasteiger partial charge in [0.15, 0.2) is 0 Å². The quantitative estimate of drug-likeness (QED) is 0.530. The van der Waals surface area contributed by atoms with Crippen molar-refractivity contribution in [3.63, 3.8) is 0 Å². The topological polar surface area (TPSA) is 0 Å². The van der Waals surface area contributed by atoms with E-state index < -0.39 is 0 Å². The lowest BCUT2D eigenvalue weighted by Gasteiger charge is -2.49. The lowest BCUT2D eigenvalue weighted by Crippen LogP contribution is -2.41. The minimum absolute atomic E-state index is 0. The molecule has 0 aromatic carbocycles. The molecule has 4 aliphatic carbocycles. The average molecular weight is 178 g/mol. The van der Waals surface area contributed by atoms with Crippen molar-refractivity contribution in [3.8, 4) is 0 Å². The molecule has 3 bridgehead atoms. The van der Waals surface area contributed by atoms with Gasteiger partial charge in [-0.25, -0.2) is 0 Å². The van der Waals surface area contributed by atoms with Gasteiger partial charge in [-0.3, -0.25) is 0 Å². The van der Waals surface area contributed by atoms with Crippen LogP contribution in [-0.2, 0) is 0 Å². The summed E-state index contributed by atoms with van der Waals surface area (Å²) in [5.74, 6) is 5.79. The Labute approximate surface area is 82.1 Å². The zero-order valence-corrected chi connectivity index (χ0v) is 7.92. The van der Waals surface area contributed by atoms with Gasteiger partial charge < -0.3 is 0 Å². The molecule has 4 rings (SSSR count). The molecule has 0 heterocycles. The van der Waals surface area contributed by atoms with Gasteiger partial charge in [-0.1, -0.05) is 14.4 Å².